The maximum atomic E-state index is 8.85. The molecule has 2 aromatic rings. The van der Waals surface area contributed by atoms with Crippen LogP contribution in [0.25, 0.3) is 0 Å². The van der Waals surface area contributed by atoms with Gasteiger partial charge in [0.1, 0.15) is 6.07 Å². The van der Waals surface area contributed by atoms with E-state index in [-0.39, 0.29) is 6.04 Å². The third-order valence-electron chi connectivity index (χ3n) is 3.13. The van der Waals surface area contributed by atoms with Crippen LogP contribution < -0.4 is 5.32 Å². The Bertz CT molecular complexity index is 629. The number of rotatable bonds is 3. The highest BCUT2D eigenvalue weighted by Crippen LogP contribution is 2.25. The average molecular weight is 271 g/mol. The summed E-state index contributed by atoms with van der Waals surface area (Å²) in [6.07, 6.45) is 0. The van der Waals surface area contributed by atoms with Gasteiger partial charge in [-0.15, -0.1) is 0 Å². The van der Waals surface area contributed by atoms with Crippen molar-refractivity contribution in [2.24, 2.45) is 0 Å². The molecule has 0 spiro atoms. The summed E-state index contributed by atoms with van der Waals surface area (Å²) in [5, 5.41) is 12.7. The van der Waals surface area contributed by atoms with Gasteiger partial charge >= 0.3 is 0 Å². The molecule has 1 unspecified atom stereocenters. The molecule has 1 atom stereocenters. The van der Waals surface area contributed by atoms with E-state index in [4.69, 9.17) is 16.9 Å². The summed E-state index contributed by atoms with van der Waals surface area (Å²) >= 11 is 6.03. The molecule has 3 heteroatoms. The Morgan fingerprint density at radius 2 is 1.95 bits per heavy atom. The largest absolute Gasteiger partial charge is 0.378 e. The molecular weight excluding hydrogens is 256 g/mol. The molecule has 0 radical (unpaired) electrons. The first-order valence-electron chi connectivity index (χ1n) is 6.13. The smallest absolute Gasteiger partial charge is 0.101 e. The van der Waals surface area contributed by atoms with E-state index in [0.29, 0.717) is 10.6 Å². The highest BCUT2D eigenvalue weighted by atomic mass is 35.5. The van der Waals surface area contributed by atoms with E-state index in [9.17, 15) is 0 Å². The van der Waals surface area contributed by atoms with Gasteiger partial charge in [0.15, 0.2) is 0 Å². The van der Waals surface area contributed by atoms with Gasteiger partial charge in [-0.05, 0) is 43.2 Å². The predicted octanol–water partition coefficient (Wildman–Crippen LogP) is 4.69. The van der Waals surface area contributed by atoms with Crippen molar-refractivity contribution in [1.82, 2.24) is 0 Å². The zero-order chi connectivity index (χ0) is 13.8. The average Bonchev–Trinajstić information content (AvgIpc) is 2.39. The lowest BCUT2D eigenvalue weighted by Gasteiger charge is -2.18. The number of nitrogens with zero attached hydrogens (tertiary/aromatic N) is 1. The standard InChI is InChI=1S/C16H15ClN2/c1-11-5-3-4-6-15(11)12(2)19-14-8-7-13(10-18)16(17)9-14/h3-9,12,19H,1-2H3. The van der Waals surface area contributed by atoms with Gasteiger partial charge in [-0.25, -0.2) is 0 Å². The quantitative estimate of drug-likeness (QED) is 0.878. The number of benzene rings is 2. The molecule has 0 amide bonds. The summed E-state index contributed by atoms with van der Waals surface area (Å²) in [6.45, 7) is 4.20. The molecule has 0 aromatic heterocycles. The minimum atomic E-state index is 0.185. The number of nitrogens with one attached hydrogen (secondary N) is 1. The second-order valence-corrected chi connectivity index (χ2v) is 4.94. The van der Waals surface area contributed by atoms with Gasteiger partial charge in [0, 0.05) is 11.7 Å². The number of anilines is 1. The van der Waals surface area contributed by atoms with Gasteiger partial charge < -0.3 is 5.32 Å². The number of aryl methyl sites for hydroxylation is 1. The molecular formula is C16H15ClN2. The van der Waals surface area contributed by atoms with Crippen LogP contribution in [0.2, 0.25) is 5.02 Å². The molecule has 0 saturated heterocycles. The Morgan fingerprint density at radius 1 is 1.21 bits per heavy atom. The van der Waals surface area contributed by atoms with Gasteiger partial charge in [-0.2, -0.15) is 5.26 Å². The van der Waals surface area contributed by atoms with Crippen molar-refractivity contribution in [3.63, 3.8) is 0 Å². The van der Waals surface area contributed by atoms with Crippen molar-refractivity contribution in [2.45, 2.75) is 19.9 Å². The fourth-order valence-electron chi connectivity index (χ4n) is 2.10. The fraction of sp³-hybridized carbons (Fsp3) is 0.188. The van der Waals surface area contributed by atoms with E-state index in [1.165, 1.54) is 11.1 Å². The number of hydrogen-bond donors (Lipinski definition) is 1. The van der Waals surface area contributed by atoms with Crippen molar-refractivity contribution >= 4 is 17.3 Å². The van der Waals surface area contributed by atoms with Gasteiger partial charge in [0.25, 0.3) is 0 Å². The van der Waals surface area contributed by atoms with Crippen LogP contribution in [0.5, 0.6) is 0 Å². The van der Waals surface area contributed by atoms with E-state index >= 15 is 0 Å². The first-order chi connectivity index (χ1) is 9.11. The molecule has 0 saturated carbocycles. The maximum Gasteiger partial charge on any atom is 0.101 e. The third-order valence-corrected chi connectivity index (χ3v) is 3.44. The lowest BCUT2D eigenvalue weighted by molar-refractivity contribution is 0.874. The summed E-state index contributed by atoms with van der Waals surface area (Å²) in [6, 6.07) is 15.9. The normalized spacial score (nSPS) is 11.7. The van der Waals surface area contributed by atoms with Crippen molar-refractivity contribution in [3.8, 4) is 6.07 Å². The zero-order valence-electron chi connectivity index (χ0n) is 10.9. The zero-order valence-corrected chi connectivity index (χ0v) is 11.7. The van der Waals surface area contributed by atoms with Crippen LogP contribution in [-0.2, 0) is 0 Å². The first kappa shape index (κ1) is 13.5. The highest BCUT2D eigenvalue weighted by Gasteiger charge is 2.08. The van der Waals surface area contributed by atoms with E-state index in [0.717, 1.165) is 5.69 Å². The molecule has 2 rings (SSSR count). The van der Waals surface area contributed by atoms with Gasteiger partial charge in [0.2, 0.25) is 0 Å². The minimum Gasteiger partial charge on any atom is -0.378 e. The molecule has 0 aliphatic rings. The number of hydrogen-bond acceptors (Lipinski definition) is 2. The maximum absolute atomic E-state index is 8.85. The van der Waals surface area contributed by atoms with Crippen molar-refractivity contribution in [1.29, 1.82) is 5.26 Å². The molecule has 0 aliphatic carbocycles. The predicted molar refractivity (Wildman–Crippen MR) is 79.4 cm³/mol. The van der Waals surface area contributed by atoms with E-state index in [1.54, 1.807) is 12.1 Å². The highest BCUT2D eigenvalue weighted by molar-refractivity contribution is 6.32. The molecule has 0 fully saturated rings. The second-order valence-electron chi connectivity index (χ2n) is 4.53. The Kier molecular flexibility index (Phi) is 4.09. The van der Waals surface area contributed by atoms with Gasteiger partial charge in [0.05, 0.1) is 10.6 Å². The monoisotopic (exact) mass is 270 g/mol. The second kappa shape index (κ2) is 5.77. The molecule has 1 N–H and O–H groups in total. The van der Waals surface area contributed by atoms with Crippen molar-refractivity contribution < 1.29 is 0 Å². The van der Waals surface area contributed by atoms with Crippen molar-refractivity contribution in [3.05, 3.63) is 64.2 Å². The Morgan fingerprint density at radius 3 is 2.58 bits per heavy atom. The van der Waals surface area contributed by atoms with Gasteiger partial charge in [-0.3, -0.25) is 0 Å². The topological polar surface area (TPSA) is 35.8 Å². The first-order valence-corrected chi connectivity index (χ1v) is 6.51. The molecule has 2 nitrogen and oxygen atoms in total. The molecule has 19 heavy (non-hydrogen) atoms. The minimum absolute atomic E-state index is 0.185. The van der Waals surface area contributed by atoms with Crippen LogP contribution in [0.15, 0.2) is 42.5 Å². The Balaban J connectivity index is 2.20. The summed E-state index contributed by atoms with van der Waals surface area (Å²) < 4.78 is 0. The van der Waals surface area contributed by atoms with Crippen LogP contribution >= 0.6 is 11.6 Å². The van der Waals surface area contributed by atoms with Crippen LogP contribution in [0.3, 0.4) is 0 Å². The van der Waals surface area contributed by atoms with Gasteiger partial charge in [-0.1, -0.05) is 35.9 Å². The summed E-state index contributed by atoms with van der Waals surface area (Å²) in [5.74, 6) is 0. The van der Waals surface area contributed by atoms with Crippen molar-refractivity contribution in [2.75, 3.05) is 5.32 Å². The van der Waals surface area contributed by atoms with Crippen LogP contribution in [0.1, 0.15) is 29.7 Å². The third kappa shape index (κ3) is 3.07. The van der Waals surface area contributed by atoms with E-state index in [1.807, 2.05) is 18.2 Å². The van der Waals surface area contributed by atoms with E-state index in [2.05, 4.69) is 37.4 Å². The SMILES string of the molecule is Cc1ccccc1C(C)Nc1ccc(C#N)c(Cl)c1. The molecule has 0 bridgehead atoms. The van der Waals surface area contributed by atoms with E-state index < -0.39 is 0 Å². The number of halogens is 1. The number of nitriles is 1. The Hall–Kier alpha value is -1.98. The Labute approximate surface area is 118 Å². The lowest BCUT2D eigenvalue weighted by atomic mass is 10.0. The molecule has 2 aromatic carbocycles. The molecule has 96 valence electrons. The van der Waals surface area contributed by atoms with Crippen LogP contribution in [0, 0.1) is 18.3 Å². The lowest BCUT2D eigenvalue weighted by Crippen LogP contribution is -2.08. The van der Waals surface area contributed by atoms with Crippen LogP contribution in [-0.4, -0.2) is 0 Å². The fourth-order valence-corrected chi connectivity index (χ4v) is 2.32. The van der Waals surface area contributed by atoms with Crippen LogP contribution in [0.4, 0.5) is 5.69 Å². The molecule has 0 heterocycles. The molecule has 0 aliphatic heterocycles. The summed E-state index contributed by atoms with van der Waals surface area (Å²) in [5.41, 5.74) is 3.92. The summed E-state index contributed by atoms with van der Waals surface area (Å²) in [7, 11) is 0. The summed E-state index contributed by atoms with van der Waals surface area (Å²) in [4.78, 5) is 0.